The van der Waals surface area contributed by atoms with E-state index in [9.17, 15) is 18.0 Å². The van der Waals surface area contributed by atoms with E-state index in [1.54, 1.807) is 42.5 Å². The van der Waals surface area contributed by atoms with Gasteiger partial charge in [-0.2, -0.15) is 0 Å². The molecule has 1 atom stereocenters. The number of benzene rings is 3. The van der Waals surface area contributed by atoms with Crippen LogP contribution in [0.25, 0.3) is 0 Å². The normalized spacial score (nSPS) is 12.5. The maximum Gasteiger partial charge on any atom is 0.264 e. The third-order valence-electron chi connectivity index (χ3n) is 6.04. The van der Waals surface area contributed by atoms with Crippen molar-refractivity contribution in [2.24, 2.45) is 0 Å². The topological polar surface area (TPSA) is 86.8 Å². The van der Waals surface area contributed by atoms with E-state index in [0.717, 1.165) is 19.0 Å². The standard InChI is InChI=1S/C30H36IN3O4S/c1-6-27(29(36)32-30(3,4)5)33(20-23-12-10-11-22(2)19-23)28(35)21-34(25-17-15-24(31)16-18-25)39(37,38)26-13-8-7-9-14-26/h7-19,27H,6,20-21H2,1-5H3,(H,32,36)/t27-/m0/s1. The number of sulfonamides is 1. The molecule has 208 valence electrons. The number of carbonyl (C=O) groups excluding carboxylic acids is 2. The lowest BCUT2D eigenvalue weighted by Gasteiger charge is -2.34. The average Bonchev–Trinajstić information content (AvgIpc) is 2.87. The van der Waals surface area contributed by atoms with Crippen molar-refractivity contribution in [3.63, 3.8) is 0 Å². The van der Waals surface area contributed by atoms with Crippen LogP contribution < -0.4 is 9.62 Å². The van der Waals surface area contributed by atoms with E-state index in [1.165, 1.54) is 17.0 Å². The summed E-state index contributed by atoms with van der Waals surface area (Å²) < 4.78 is 29.7. The van der Waals surface area contributed by atoms with Gasteiger partial charge in [-0.1, -0.05) is 55.0 Å². The van der Waals surface area contributed by atoms with Crippen molar-refractivity contribution in [1.82, 2.24) is 10.2 Å². The summed E-state index contributed by atoms with van der Waals surface area (Å²) in [5.41, 5.74) is 1.76. The summed E-state index contributed by atoms with van der Waals surface area (Å²) in [5, 5.41) is 2.98. The lowest BCUT2D eigenvalue weighted by atomic mass is 10.0. The molecule has 3 aromatic carbocycles. The third-order valence-corrected chi connectivity index (χ3v) is 8.55. The number of hydrogen-bond acceptors (Lipinski definition) is 4. The summed E-state index contributed by atoms with van der Waals surface area (Å²) in [6.07, 6.45) is 0.369. The van der Waals surface area contributed by atoms with Gasteiger partial charge < -0.3 is 10.2 Å². The molecule has 0 unspecified atom stereocenters. The van der Waals surface area contributed by atoms with Gasteiger partial charge >= 0.3 is 0 Å². The minimum Gasteiger partial charge on any atom is -0.350 e. The number of rotatable bonds is 10. The molecule has 1 N–H and O–H groups in total. The highest BCUT2D eigenvalue weighted by Crippen LogP contribution is 2.25. The molecule has 0 aliphatic carbocycles. The highest BCUT2D eigenvalue weighted by Gasteiger charge is 2.34. The number of carbonyl (C=O) groups is 2. The predicted octanol–water partition coefficient (Wildman–Crippen LogP) is 5.52. The highest BCUT2D eigenvalue weighted by atomic mass is 127. The molecule has 0 radical (unpaired) electrons. The zero-order valence-corrected chi connectivity index (χ0v) is 26.0. The van der Waals surface area contributed by atoms with Gasteiger partial charge in [0.1, 0.15) is 12.6 Å². The van der Waals surface area contributed by atoms with E-state index in [1.807, 2.05) is 58.9 Å². The van der Waals surface area contributed by atoms with Crippen LogP contribution in [0.3, 0.4) is 0 Å². The molecule has 3 aromatic rings. The molecule has 0 aliphatic heterocycles. The molecule has 9 heteroatoms. The van der Waals surface area contributed by atoms with E-state index in [-0.39, 0.29) is 17.3 Å². The molecular formula is C30H36IN3O4S. The fourth-order valence-corrected chi connectivity index (χ4v) is 6.03. The first-order valence-electron chi connectivity index (χ1n) is 12.8. The number of aryl methyl sites for hydroxylation is 1. The summed E-state index contributed by atoms with van der Waals surface area (Å²) >= 11 is 2.15. The van der Waals surface area contributed by atoms with Gasteiger partial charge in [0.05, 0.1) is 10.6 Å². The second kappa shape index (κ2) is 13.0. The van der Waals surface area contributed by atoms with Crippen LogP contribution in [-0.4, -0.2) is 43.3 Å². The van der Waals surface area contributed by atoms with Crippen molar-refractivity contribution >= 4 is 50.1 Å². The lowest BCUT2D eigenvalue weighted by Crippen LogP contribution is -2.55. The van der Waals surface area contributed by atoms with Gasteiger partial charge in [-0.3, -0.25) is 13.9 Å². The van der Waals surface area contributed by atoms with E-state index in [2.05, 4.69) is 27.9 Å². The zero-order valence-electron chi connectivity index (χ0n) is 23.0. The van der Waals surface area contributed by atoms with Gasteiger partial charge in [-0.25, -0.2) is 8.42 Å². The SMILES string of the molecule is CC[C@@H](C(=O)NC(C)(C)C)N(Cc1cccc(C)c1)C(=O)CN(c1ccc(I)cc1)S(=O)(=O)c1ccccc1. The van der Waals surface area contributed by atoms with Gasteiger partial charge in [0.2, 0.25) is 11.8 Å². The molecule has 0 saturated heterocycles. The Balaban J connectivity index is 2.06. The van der Waals surface area contributed by atoms with Crippen molar-refractivity contribution in [3.05, 3.63) is 93.6 Å². The fourth-order valence-electron chi connectivity index (χ4n) is 4.24. The van der Waals surface area contributed by atoms with Crippen molar-refractivity contribution in [2.75, 3.05) is 10.8 Å². The Labute approximate surface area is 245 Å². The maximum atomic E-state index is 14.1. The molecule has 0 heterocycles. The second-order valence-electron chi connectivity index (χ2n) is 10.5. The number of nitrogens with one attached hydrogen (secondary N) is 1. The third kappa shape index (κ3) is 8.28. The molecule has 0 spiro atoms. The van der Waals surface area contributed by atoms with E-state index in [4.69, 9.17) is 0 Å². The summed E-state index contributed by atoms with van der Waals surface area (Å²) in [6, 6.07) is 22.0. The summed E-state index contributed by atoms with van der Waals surface area (Å²) in [7, 11) is -4.07. The number of hydrogen-bond donors (Lipinski definition) is 1. The Morgan fingerprint density at radius 2 is 1.59 bits per heavy atom. The number of halogens is 1. The molecular weight excluding hydrogens is 625 g/mol. The molecule has 7 nitrogen and oxygen atoms in total. The second-order valence-corrected chi connectivity index (χ2v) is 13.6. The van der Waals surface area contributed by atoms with Gasteiger partial charge in [0, 0.05) is 15.7 Å². The van der Waals surface area contributed by atoms with Gasteiger partial charge in [0.25, 0.3) is 10.0 Å². The Morgan fingerprint density at radius 1 is 0.949 bits per heavy atom. The van der Waals surface area contributed by atoms with Crippen molar-refractivity contribution < 1.29 is 18.0 Å². The van der Waals surface area contributed by atoms with Crippen LogP contribution in [0.15, 0.2) is 83.8 Å². The van der Waals surface area contributed by atoms with Crippen LogP contribution in [-0.2, 0) is 26.2 Å². The first kappa shape index (κ1) is 30.6. The first-order chi connectivity index (χ1) is 18.3. The van der Waals surface area contributed by atoms with Crippen molar-refractivity contribution in [2.45, 2.75) is 64.1 Å². The molecule has 0 aliphatic rings. The molecule has 2 amide bonds. The Morgan fingerprint density at radius 3 is 2.15 bits per heavy atom. The maximum absolute atomic E-state index is 14.1. The number of amides is 2. The van der Waals surface area contributed by atoms with E-state index in [0.29, 0.717) is 12.1 Å². The van der Waals surface area contributed by atoms with Crippen LogP contribution in [0.5, 0.6) is 0 Å². The van der Waals surface area contributed by atoms with Gasteiger partial charge in [-0.05, 0) is 98.7 Å². The lowest BCUT2D eigenvalue weighted by molar-refractivity contribution is -0.141. The van der Waals surface area contributed by atoms with Crippen LogP contribution in [0, 0.1) is 10.5 Å². The molecule has 0 saturated carbocycles. The minimum absolute atomic E-state index is 0.0825. The monoisotopic (exact) mass is 661 g/mol. The fraction of sp³-hybridized carbons (Fsp3) is 0.333. The quantitative estimate of drug-likeness (QED) is 0.290. The molecule has 0 bridgehead atoms. The van der Waals surface area contributed by atoms with Gasteiger partial charge in [-0.15, -0.1) is 0 Å². The molecule has 3 rings (SSSR count). The molecule has 39 heavy (non-hydrogen) atoms. The van der Waals surface area contributed by atoms with Crippen LogP contribution in [0.4, 0.5) is 5.69 Å². The largest absolute Gasteiger partial charge is 0.350 e. The number of anilines is 1. The van der Waals surface area contributed by atoms with Crippen LogP contribution in [0.1, 0.15) is 45.2 Å². The highest BCUT2D eigenvalue weighted by molar-refractivity contribution is 14.1. The number of nitrogens with zero attached hydrogens (tertiary/aromatic N) is 2. The Hall–Kier alpha value is -2.92. The minimum atomic E-state index is -4.07. The predicted molar refractivity (Wildman–Crippen MR) is 164 cm³/mol. The Bertz CT molecular complexity index is 1390. The van der Waals surface area contributed by atoms with Crippen LogP contribution in [0.2, 0.25) is 0 Å². The average molecular weight is 662 g/mol. The van der Waals surface area contributed by atoms with Crippen LogP contribution >= 0.6 is 22.6 Å². The first-order valence-corrected chi connectivity index (χ1v) is 15.3. The van der Waals surface area contributed by atoms with E-state index < -0.39 is 34.1 Å². The molecule has 0 aromatic heterocycles. The van der Waals surface area contributed by atoms with E-state index >= 15 is 0 Å². The van der Waals surface area contributed by atoms with Gasteiger partial charge in [0.15, 0.2) is 0 Å². The molecule has 0 fully saturated rings. The zero-order chi connectivity index (χ0) is 28.8. The summed E-state index contributed by atoms with van der Waals surface area (Å²) in [6.45, 7) is 9.18. The summed E-state index contributed by atoms with van der Waals surface area (Å²) in [4.78, 5) is 29.0. The van der Waals surface area contributed by atoms with Crippen molar-refractivity contribution in [1.29, 1.82) is 0 Å². The smallest absolute Gasteiger partial charge is 0.264 e. The van der Waals surface area contributed by atoms with Crippen molar-refractivity contribution in [3.8, 4) is 0 Å². The Kier molecular flexibility index (Phi) is 10.2. The summed E-state index contributed by atoms with van der Waals surface area (Å²) in [5.74, 6) is -0.747.